The standard InChI is InChI=1S/C14H22N2OS/c17-10-11-4-5-12-8-15-14(16(12)9-11)7-13-3-1-2-6-18-13/h8,11,13,17H,1-7,9-10H2. The Kier molecular flexibility index (Phi) is 3.94. The van der Waals surface area contributed by atoms with Crippen molar-refractivity contribution in [2.24, 2.45) is 5.92 Å². The van der Waals surface area contributed by atoms with E-state index in [0.717, 1.165) is 31.1 Å². The van der Waals surface area contributed by atoms with E-state index in [1.807, 2.05) is 0 Å². The maximum atomic E-state index is 9.33. The first kappa shape index (κ1) is 12.5. The molecule has 4 heteroatoms. The lowest BCUT2D eigenvalue weighted by molar-refractivity contribution is 0.190. The minimum atomic E-state index is 0.315. The first-order chi connectivity index (χ1) is 8.86. The monoisotopic (exact) mass is 266 g/mol. The number of aliphatic hydroxyl groups is 1. The Morgan fingerprint density at radius 2 is 2.33 bits per heavy atom. The number of fused-ring (bicyclic) bond motifs is 1. The van der Waals surface area contributed by atoms with Gasteiger partial charge in [0.2, 0.25) is 0 Å². The van der Waals surface area contributed by atoms with Crippen LogP contribution in [0.2, 0.25) is 0 Å². The minimum absolute atomic E-state index is 0.315. The van der Waals surface area contributed by atoms with Crippen LogP contribution in [0.5, 0.6) is 0 Å². The molecule has 0 radical (unpaired) electrons. The summed E-state index contributed by atoms with van der Waals surface area (Å²) < 4.78 is 2.37. The second kappa shape index (κ2) is 5.66. The second-order valence-corrected chi connectivity index (χ2v) is 6.96. The SMILES string of the molecule is OCC1CCc2cnc(CC3CCCCS3)n2C1. The molecule has 0 aliphatic carbocycles. The Labute approximate surface area is 113 Å². The van der Waals surface area contributed by atoms with E-state index in [4.69, 9.17) is 0 Å². The fraction of sp³-hybridized carbons (Fsp3) is 0.786. The number of aryl methyl sites for hydroxylation is 1. The van der Waals surface area contributed by atoms with E-state index in [1.54, 1.807) is 0 Å². The van der Waals surface area contributed by atoms with E-state index in [-0.39, 0.29) is 0 Å². The minimum Gasteiger partial charge on any atom is -0.396 e. The molecule has 1 aromatic rings. The molecule has 0 saturated carbocycles. The van der Waals surface area contributed by atoms with Crippen molar-refractivity contribution in [3.63, 3.8) is 0 Å². The van der Waals surface area contributed by atoms with Crippen LogP contribution in [-0.2, 0) is 19.4 Å². The van der Waals surface area contributed by atoms with E-state index in [9.17, 15) is 5.11 Å². The third-order valence-corrected chi connectivity index (χ3v) is 5.61. The molecule has 2 aliphatic rings. The van der Waals surface area contributed by atoms with E-state index < -0.39 is 0 Å². The molecular formula is C14H22N2OS. The zero-order chi connectivity index (χ0) is 12.4. The van der Waals surface area contributed by atoms with Crippen LogP contribution in [0, 0.1) is 5.92 Å². The molecule has 3 heterocycles. The van der Waals surface area contributed by atoms with Crippen molar-refractivity contribution in [3.8, 4) is 0 Å². The molecule has 2 atom stereocenters. The fourth-order valence-corrected chi connectivity index (χ4v) is 4.37. The quantitative estimate of drug-likeness (QED) is 0.912. The summed E-state index contributed by atoms with van der Waals surface area (Å²) in [5, 5.41) is 10.1. The molecule has 0 amide bonds. The van der Waals surface area contributed by atoms with Crippen molar-refractivity contribution in [1.82, 2.24) is 9.55 Å². The number of aliphatic hydroxyl groups excluding tert-OH is 1. The lowest BCUT2D eigenvalue weighted by atomic mass is 9.99. The first-order valence-electron chi connectivity index (χ1n) is 7.12. The highest BCUT2D eigenvalue weighted by molar-refractivity contribution is 7.99. The Hall–Kier alpha value is -0.480. The number of imidazole rings is 1. The molecule has 0 bridgehead atoms. The maximum absolute atomic E-state index is 9.33. The van der Waals surface area contributed by atoms with Gasteiger partial charge in [-0.15, -0.1) is 0 Å². The fourth-order valence-electron chi connectivity index (χ4n) is 3.06. The molecule has 1 saturated heterocycles. The lowest BCUT2D eigenvalue weighted by Crippen LogP contribution is -2.25. The van der Waals surface area contributed by atoms with Crippen LogP contribution in [0.25, 0.3) is 0 Å². The van der Waals surface area contributed by atoms with Crippen molar-refractivity contribution >= 4 is 11.8 Å². The van der Waals surface area contributed by atoms with Crippen LogP contribution in [0.1, 0.15) is 37.2 Å². The summed E-state index contributed by atoms with van der Waals surface area (Å²) in [4.78, 5) is 4.63. The van der Waals surface area contributed by atoms with Crippen molar-refractivity contribution < 1.29 is 5.11 Å². The van der Waals surface area contributed by atoms with Gasteiger partial charge in [0.25, 0.3) is 0 Å². The summed E-state index contributed by atoms with van der Waals surface area (Å²) in [7, 11) is 0. The number of thioether (sulfide) groups is 1. The highest BCUT2D eigenvalue weighted by Gasteiger charge is 2.23. The Bertz CT molecular complexity index is 398. The number of rotatable bonds is 3. The van der Waals surface area contributed by atoms with Crippen molar-refractivity contribution in [2.45, 2.75) is 50.3 Å². The molecule has 18 heavy (non-hydrogen) atoms. The van der Waals surface area contributed by atoms with Gasteiger partial charge >= 0.3 is 0 Å². The molecule has 2 aliphatic heterocycles. The van der Waals surface area contributed by atoms with Crippen LogP contribution in [-0.4, -0.2) is 32.3 Å². The molecule has 3 nitrogen and oxygen atoms in total. The Morgan fingerprint density at radius 1 is 1.39 bits per heavy atom. The summed E-state index contributed by atoms with van der Waals surface area (Å²) in [6.07, 6.45) is 9.46. The van der Waals surface area contributed by atoms with Crippen molar-refractivity contribution in [3.05, 3.63) is 17.7 Å². The van der Waals surface area contributed by atoms with Crippen molar-refractivity contribution in [1.29, 1.82) is 0 Å². The van der Waals surface area contributed by atoms with Crippen LogP contribution < -0.4 is 0 Å². The summed E-state index contributed by atoms with van der Waals surface area (Å²) >= 11 is 2.12. The van der Waals surface area contributed by atoms with Crippen molar-refractivity contribution in [2.75, 3.05) is 12.4 Å². The van der Waals surface area contributed by atoms with E-state index in [0.29, 0.717) is 12.5 Å². The second-order valence-electron chi connectivity index (χ2n) is 5.56. The number of aromatic nitrogens is 2. The molecule has 2 unspecified atom stereocenters. The summed E-state index contributed by atoms with van der Waals surface area (Å²) in [6, 6.07) is 0. The zero-order valence-corrected chi connectivity index (χ0v) is 11.7. The van der Waals surface area contributed by atoms with Gasteiger partial charge in [0.1, 0.15) is 5.82 Å². The smallest absolute Gasteiger partial charge is 0.109 e. The molecule has 1 fully saturated rings. The number of hydrogen-bond donors (Lipinski definition) is 1. The predicted molar refractivity (Wildman–Crippen MR) is 74.9 cm³/mol. The van der Waals surface area contributed by atoms with Gasteiger partial charge in [-0.1, -0.05) is 6.42 Å². The van der Waals surface area contributed by atoms with Gasteiger partial charge in [0, 0.05) is 42.6 Å². The average molecular weight is 266 g/mol. The molecular weight excluding hydrogens is 244 g/mol. The van der Waals surface area contributed by atoms with Gasteiger partial charge in [-0.05, 0) is 31.4 Å². The normalized spacial score (nSPS) is 28.1. The third kappa shape index (κ3) is 2.59. The molecule has 0 spiro atoms. The van der Waals surface area contributed by atoms with E-state index in [2.05, 4.69) is 27.5 Å². The van der Waals surface area contributed by atoms with Gasteiger partial charge in [-0.25, -0.2) is 4.98 Å². The molecule has 1 N–H and O–H groups in total. The molecule has 100 valence electrons. The van der Waals surface area contributed by atoms with Crippen LogP contribution in [0.3, 0.4) is 0 Å². The molecule has 3 rings (SSSR count). The topological polar surface area (TPSA) is 38.1 Å². The average Bonchev–Trinajstić information content (AvgIpc) is 2.82. The summed E-state index contributed by atoms with van der Waals surface area (Å²) in [6.45, 7) is 1.29. The Morgan fingerprint density at radius 3 is 3.11 bits per heavy atom. The zero-order valence-electron chi connectivity index (χ0n) is 10.8. The molecule has 0 aromatic carbocycles. The molecule has 1 aromatic heterocycles. The van der Waals surface area contributed by atoms with E-state index >= 15 is 0 Å². The van der Waals surface area contributed by atoms with Gasteiger partial charge in [-0.2, -0.15) is 11.8 Å². The summed E-state index contributed by atoms with van der Waals surface area (Å²) in [5.41, 5.74) is 1.37. The maximum Gasteiger partial charge on any atom is 0.109 e. The number of hydrogen-bond acceptors (Lipinski definition) is 3. The lowest BCUT2D eigenvalue weighted by Gasteiger charge is -2.26. The highest BCUT2D eigenvalue weighted by Crippen LogP contribution is 2.29. The van der Waals surface area contributed by atoms with Gasteiger partial charge in [-0.3, -0.25) is 0 Å². The highest BCUT2D eigenvalue weighted by atomic mass is 32.2. The van der Waals surface area contributed by atoms with E-state index in [1.165, 1.54) is 36.5 Å². The predicted octanol–water partition coefficient (Wildman–Crippen LogP) is 2.27. The van der Waals surface area contributed by atoms with Gasteiger partial charge < -0.3 is 9.67 Å². The van der Waals surface area contributed by atoms with Gasteiger partial charge in [0.05, 0.1) is 0 Å². The third-order valence-electron chi connectivity index (χ3n) is 4.21. The largest absolute Gasteiger partial charge is 0.396 e. The number of nitrogens with zero attached hydrogens (tertiary/aromatic N) is 2. The van der Waals surface area contributed by atoms with Crippen LogP contribution in [0.4, 0.5) is 0 Å². The van der Waals surface area contributed by atoms with Gasteiger partial charge in [0.15, 0.2) is 0 Å². The van der Waals surface area contributed by atoms with Crippen LogP contribution >= 0.6 is 11.8 Å². The first-order valence-corrected chi connectivity index (χ1v) is 8.17. The van der Waals surface area contributed by atoms with Crippen LogP contribution in [0.15, 0.2) is 6.20 Å². The summed E-state index contributed by atoms with van der Waals surface area (Å²) in [5.74, 6) is 3.00. The Balaban J connectivity index is 1.71.